The zero-order chi connectivity index (χ0) is 15.8. The van der Waals surface area contributed by atoms with E-state index in [9.17, 15) is 4.79 Å². The van der Waals surface area contributed by atoms with Gasteiger partial charge in [0, 0.05) is 43.4 Å². The Hall–Kier alpha value is -1.36. The molecule has 1 saturated carbocycles. The first-order chi connectivity index (χ1) is 11.2. The molecule has 0 radical (unpaired) electrons. The molecule has 4 nitrogen and oxygen atoms in total. The van der Waals surface area contributed by atoms with Crippen molar-refractivity contribution in [3.63, 3.8) is 0 Å². The van der Waals surface area contributed by atoms with Gasteiger partial charge in [-0.1, -0.05) is 25.3 Å². The quantitative estimate of drug-likeness (QED) is 0.802. The molecule has 2 bridgehead atoms. The second-order valence-electron chi connectivity index (χ2n) is 7.39. The average Bonchev–Trinajstić information content (AvgIpc) is 2.57. The summed E-state index contributed by atoms with van der Waals surface area (Å²) < 4.78 is 1.98. The fraction of sp³-hybridized carbons (Fsp3) is 0.667. The first-order valence-corrected chi connectivity index (χ1v) is 9.37. The molecule has 2 fully saturated rings. The predicted molar refractivity (Wildman–Crippen MR) is 95.7 cm³/mol. The van der Waals surface area contributed by atoms with Crippen molar-refractivity contribution in [1.82, 2.24) is 14.8 Å². The van der Waals surface area contributed by atoms with Gasteiger partial charge in [0.1, 0.15) is 0 Å². The number of hydrogen-bond donors (Lipinski definition) is 1. The number of nitrogens with one attached hydrogen (secondary N) is 1. The highest BCUT2D eigenvalue weighted by Gasteiger charge is 2.35. The van der Waals surface area contributed by atoms with Crippen LogP contribution in [0.15, 0.2) is 23.0 Å². The molecule has 23 heavy (non-hydrogen) atoms. The van der Waals surface area contributed by atoms with Crippen molar-refractivity contribution in [2.24, 2.45) is 5.92 Å². The molecule has 124 valence electrons. The lowest BCUT2D eigenvalue weighted by Crippen LogP contribution is -2.53. The summed E-state index contributed by atoms with van der Waals surface area (Å²) in [5.74, 6) is 0.968. The molecule has 1 aromatic heterocycles. The van der Waals surface area contributed by atoms with E-state index in [1.54, 1.807) is 6.07 Å². The molecular weight excluding hydrogens is 306 g/mol. The normalized spacial score (nSPS) is 27.4. The van der Waals surface area contributed by atoms with Crippen LogP contribution in [0.3, 0.4) is 0 Å². The minimum absolute atomic E-state index is 0.147. The number of thiocarbonyl (C=S) groups is 1. The standard InChI is InChI=1S/C18H25N3OS/c22-17-8-4-7-16-14-9-13(11-21(16)17)10-20(12-14)18(23)19-15-5-2-1-3-6-15/h4,7-8,13-15H,1-3,5-6,9-12H2,(H,19,23)/t13-,14-/m0/s1. The Balaban J connectivity index is 1.47. The molecule has 2 atom stereocenters. The number of aromatic nitrogens is 1. The first-order valence-electron chi connectivity index (χ1n) is 8.96. The van der Waals surface area contributed by atoms with Gasteiger partial charge < -0.3 is 14.8 Å². The van der Waals surface area contributed by atoms with Gasteiger partial charge in [-0.3, -0.25) is 4.79 Å². The van der Waals surface area contributed by atoms with Gasteiger partial charge in [-0.05, 0) is 43.5 Å². The lowest BCUT2D eigenvalue weighted by Gasteiger charge is -2.44. The number of pyridine rings is 1. The zero-order valence-corrected chi connectivity index (χ0v) is 14.4. The van der Waals surface area contributed by atoms with Crippen molar-refractivity contribution >= 4 is 17.3 Å². The summed E-state index contributed by atoms with van der Waals surface area (Å²) in [7, 11) is 0. The second kappa shape index (κ2) is 6.27. The Kier molecular flexibility index (Phi) is 4.14. The van der Waals surface area contributed by atoms with Gasteiger partial charge in [0.05, 0.1) is 0 Å². The minimum atomic E-state index is 0.147. The van der Waals surface area contributed by atoms with Gasteiger partial charge in [0.25, 0.3) is 5.56 Å². The molecule has 0 aromatic carbocycles. The molecular formula is C18H25N3OS. The maximum absolute atomic E-state index is 12.1. The van der Waals surface area contributed by atoms with Gasteiger partial charge in [-0.2, -0.15) is 0 Å². The highest BCUT2D eigenvalue weighted by atomic mass is 32.1. The van der Waals surface area contributed by atoms with Crippen LogP contribution in [0.2, 0.25) is 0 Å². The Bertz CT molecular complexity index is 650. The van der Waals surface area contributed by atoms with E-state index in [1.165, 1.54) is 44.2 Å². The Morgan fingerprint density at radius 3 is 2.78 bits per heavy atom. The van der Waals surface area contributed by atoms with Gasteiger partial charge >= 0.3 is 0 Å². The minimum Gasteiger partial charge on any atom is -0.360 e. The van der Waals surface area contributed by atoms with Gasteiger partial charge in [0.15, 0.2) is 5.11 Å². The van der Waals surface area contributed by atoms with Crippen LogP contribution in [0.1, 0.15) is 50.1 Å². The third kappa shape index (κ3) is 3.03. The molecule has 0 unspecified atom stereocenters. The van der Waals surface area contributed by atoms with Crippen LogP contribution in [-0.4, -0.2) is 33.7 Å². The van der Waals surface area contributed by atoms with E-state index < -0.39 is 0 Å². The molecule has 3 aliphatic rings. The number of likely N-dealkylation sites (tertiary alicyclic amines) is 1. The summed E-state index contributed by atoms with van der Waals surface area (Å²) in [6.07, 6.45) is 7.69. The van der Waals surface area contributed by atoms with E-state index in [4.69, 9.17) is 12.2 Å². The molecule has 0 spiro atoms. The van der Waals surface area contributed by atoms with Gasteiger partial charge in [0.2, 0.25) is 0 Å². The Morgan fingerprint density at radius 1 is 1.13 bits per heavy atom. The number of rotatable bonds is 1. The topological polar surface area (TPSA) is 37.3 Å². The van der Waals surface area contributed by atoms with Crippen LogP contribution >= 0.6 is 12.2 Å². The summed E-state index contributed by atoms with van der Waals surface area (Å²) in [6.45, 7) is 2.77. The fourth-order valence-corrected chi connectivity index (χ4v) is 4.89. The van der Waals surface area contributed by atoms with Crippen LogP contribution < -0.4 is 10.9 Å². The van der Waals surface area contributed by atoms with E-state index >= 15 is 0 Å². The van der Waals surface area contributed by atoms with Crippen molar-refractivity contribution < 1.29 is 0 Å². The molecule has 1 aliphatic carbocycles. The Labute approximate surface area is 142 Å². The maximum Gasteiger partial charge on any atom is 0.250 e. The van der Waals surface area contributed by atoms with Gasteiger partial charge in [-0.15, -0.1) is 0 Å². The largest absolute Gasteiger partial charge is 0.360 e. The van der Waals surface area contributed by atoms with Gasteiger partial charge in [-0.25, -0.2) is 0 Å². The van der Waals surface area contributed by atoms with Crippen molar-refractivity contribution in [2.45, 2.75) is 57.0 Å². The monoisotopic (exact) mass is 331 g/mol. The highest BCUT2D eigenvalue weighted by Crippen LogP contribution is 2.35. The summed E-state index contributed by atoms with van der Waals surface area (Å²) in [4.78, 5) is 14.4. The summed E-state index contributed by atoms with van der Waals surface area (Å²) in [5.41, 5.74) is 1.34. The maximum atomic E-state index is 12.1. The third-order valence-electron chi connectivity index (χ3n) is 5.70. The van der Waals surface area contributed by atoms with E-state index in [2.05, 4.69) is 16.3 Å². The van der Waals surface area contributed by atoms with E-state index in [0.717, 1.165) is 24.7 Å². The molecule has 1 saturated heterocycles. The number of nitrogens with zero attached hydrogens (tertiary/aromatic N) is 2. The van der Waals surface area contributed by atoms with Crippen LogP contribution in [0.5, 0.6) is 0 Å². The van der Waals surface area contributed by atoms with E-state index in [-0.39, 0.29) is 5.56 Å². The van der Waals surface area contributed by atoms with Crippen LogP contribution in [0.25, 0.3) is 0 Å². The molecule has 0 amide bonds. The smallest absolute Gasteiger partial charge is 0.250 e. The number of hydrogen-bond acceptors (Lipinski definition) is 2. The predicted octanol–water partition coefficient (Wildman–Crippen LogP) is 2.47. The third-order valence-corrected chi connectivity index (χ3v) is 6.08. The average molecular weight is 331 g/mol. The Morgan fingerprint density at radius 2 is 1.96 bits per heavy atom. The highest BCUT2D eigenvalue weighted by molar-refractivity contribution is 7.80. The van der Waals surface area contributed by atoms with Crippen molar-refractivity contribution in [2.75, 3.05) is 13.1 Å². The zero-order valence-electron chi connectivity index (χ0n) is 13.5. The molecule has 4 rings (SSSR count). The molecule has 1 N–H and O–H groups in total. The lowest BCUT2D eigenvalue weighted by atomic mass is 9.83. The molecule has 1 aromatic rings. The summed E-state index contributed by atoms with van der Waals surface area (Å²) in [6, 6.07) is 6.25. The summed E-state index contributed by atoms with van der Waals surface area (Å²) in [5, 5.41) is 4.53. The fourth-order valence-electron chi connectivity index (χ4n) is 4.58. The summed E-state index contributed by atoms with van der Waals surface area (Å²) >= 11 is 5.70. The molecule has 2 aliphatic heterocycles. The van der Waals surface area contributed by atoms with E-state index in [1.807, 2.05) is 10.6 Å². The van der Waals surface area contributed by atoms with Crippen LogP contribution in [-0.2, 0) is 6.54 Å². The van der Waals surface area contributed by atoms with Crippen LogP contribution in [0.4, 0.5) is 0 Å². The van der Waals surface area contributed by atoms with Crippen molar-refractivity contribution in [3.05, 3.63) is 34.2 Å². The SMILES string of the molecule is O=c1cccc2n1C[C@H]1C[C@H]2CN(C(=S)NC2CCCCC2)C1. The first kappa shape index (κ1) is 15.2. The second-order valence-corrected chi connectivity index (χ2v) is 7.77. The molecule has 3 heterocycles. The molecule has 5 heteroatoms. The number of fused-ring (bicyclic) bond motifs is 4. The van der Waals surface area contributed by atoms with E-state index in [0.29, 0.717) is 17.9 Å². The number of piperidine rings is 1. The lowest BCUT2D eigenvalue weighted by molar-refractivity contribution is 0.175. The van der Waals surface area contributed by atoms with Crippen molar-refractivity contribution in [1.29, 1.82) is 0 Å². The van der Waals surface area contributed by atoms with Crippen LogP contribution in [0, 0.1) is 5.92 Å². The van der Waals surface area contributed by atoms with Crippen molar-refractivity contribution in [3.8, 4) is 0 Å².